The predicted octanol–water partition coefficient (Wildman–Crippen LogP) is 1.94. The molecule has 0 aromatic heterocycles. The minimum absolute atomic E-state index is 0.600. The quantitative estimate of drug-likeness (QED) is 0.702. The Hall–Kier alpha value is -1.59. The molecule has 76 valence electrons. The number of alkyl halides is 3. The maximum absolute atomic E-state index is 12.8. The summed E-state index contributed by atoms with van der Waals surface area (Å²) in [6.07, 6.45) is -4.79. The summed E-state index contributed by atoms with van der Waals surface area (Å²) in [4.78, 5) is 10.6. The molecule has 2 nitrogen and oxygen atoms in total. The lowest BCUT2D eigenvalue weighted by atomic mass is 10.1. The predicted molar refractivity (Wildman–Crippen MR) is 39.9 cm³/mol. The number of halogens is 4. The van der Waals surface area contributed by atoms with Gasteiger partial charge in [-0.25, -0.2) is 4.39 Å². The summed E-state index contributed by atoms with van der Waals surface area (Å²) in [5.74, 6) is -2.71. The molecule has 2 N–H and O–H groups in total. The maximum atomic E-state index is 12.8. The molecule has 0 aliphatic carbocycles. The summed E-state index contributed by atoms with van der Waals surface area (Å²) in [7, 11) is 0. The average Bonchev–Trinajstić information content (AvgIpc) is 2.01. The first kappa shape index (κ1) is 10.5. The number of carbonyl (C=O) groups is 1. The number of hydrogen-bond donors (Lipinski definition) is 1. The number of benzene rings is 1. The second-order valence-corrected chi connectivity index (χ2v) is 2.52. The molecule has 0 aliphatic rings. The van der Waals surface area contributed by atoms with Crippen LogP contribution in [0.25, 0.3) is 0 Å². The van der Waals surface area contributed by atoms with Gasteiger partial charge in [0.25, 0.3) is 5.91 Å². The standard InChI is InChI=1S/C8H5F4NO/c9-5-3-1-2-4(8(10,11)12)6(5)7(13)14/h1-3H,(H2,13,14). The molecule has 1 rings (SSSR count). The van der Waals surface area contributed by atoms with Crippen LogP contribution in [0.5, 0.6) is 0 Å². The molecule has 1 amide bonds. The highest BCUT2D eigenvalue weighted by Gasteiger charge is 2.36. The van der Waals surface area contributed by atoms with Crippen LogP contribution >= 0.6 is 0 Å². The Kier molecular flexibility index (Phi) is 2.46. The van der Waals surface area contributed by atoms with E-state index in [4.69, 9.17) is 0 Å². The monoisotopic (exact) mass is 207 g/mol. The second kappa shape index (κ2) is 3.28. The van der Waals surface area contributed by atoms with Crippen molar-refractivity contribution in [2.24, 2.45) is 5.73 Å². The van der Waals surface area contributed by atoms with E-state index in [9.17, 15) is 22.4 Å². The third-order valence-electron chi connectivity index (χ3n) is 1.57. The van der Waals surface area contributed by atoms with Crippen LogP contribution in [-0.4, -0.2) is 5.91 Å². The van der Waals surface area contributed by atoms with Crippen LogP contribution in [-0.2, 0) is 6.18 Å². The lowest BCUT2D eigenvalue weighted by Gasteiger charge is -2.10. The molecule has 0 aliphatic heterocycles. The maximum Gasteiger partial charge on any atom is 0.417 e. The number of primary amides is 1. The van der Waals surface area contributed by atoms with E-state index in [-0.39, 0.29) is 0 Å². The Morgan fingerprint density at radius 2 is 1.86 bits per heavy atom. The van der Waals surface area contributed by atoms with Crippen LogP contribution in [0, 0.1) is 5.82 Å². The third kappa shape index (κ3) is 1.84. The van der Waals surface area contributed by atoms with Crippen LogP contribution in [0.4, 0.5) is 17.6 Å². The zero-order valence-electron chi connectivity index (χ0n) is 6.73. The molecule has 0 heterocycles. The molecule has 0 atom stereocenters. The first-order valence-corrected chi connectivity index (χ1v) is 3.49. The van der Waals surface area contributed by atoms with Gasteiger partial charge in [-0.1, -0.05) is 6.07 Å². The van der Waals surface area contributed by atoms with Crippen LogP contribution in [0.1, 0.15) is 15.9 Å². The zero-order valence-corrected chi connectivity index (χ0v) is 6.73. The minimum Gasteiger partial charge on any atom is -0.365 e. The van der Waals surface area contributed by atoms with Crippen molar-refractivity contribution < 1.29 is 22.4 Å². The van der Waals surface area contributed by atoms with Gasteiger partial charge in [0.05, 0.1) is 11.1 Å². The largest absolute Gasteiger partial charge is 0.417 e. The van der Waals surface area contributed by atoms with E-state index in [1.807, 2.05) is 0 Å². The van der Waals surface area contributed by atoms with Crippen LogP contribution in [0.2, 0.25) is 0 Å². The molecule has 0 fully saturated rings. The van der Waals surface area contributed by atoms with Crippen molar-refractivity contribution >= 4 is 5.91 Å². The number of amides is 1. The normalized spacial score (nSPS) is 11.4. The van der Waals surface area contributed by atoms with Crippen LogP contribution in [0.3, 0.4) is 0 Å². The molecule has 0 saturated heterocycles. The Bertz CT molecular complexity index is 372. The van der Waals surface area contributed by atoms with Crippen molar-refractivity contribution in [2.75, 3.05) is 0 Å². The van der Waals surface area contributed by atoms with Crippen LogP contribution < -0.4 is 5.73 Å². The third-order valence-corrected chi connectivity index (χ3v) is 1.57. The molecule has 0 unspecified atom stereocenters. The number of hydrogen-bond acceptors (Lipinski definition) is 1. The number of nitrogens with two attached hydrogens (primary N) is 1. The molecule has 1 aromatic rings. The lowest BCUT2D eigenvalue weighted by Crippen LogP contribution is -2.20. The van der Waals surface area contributed by atoms with E-state index < -0.39 is 29.0 Å². The van der Waals surface area contributed by atoms with Gasteiger partial charge in [-0.3, -0.25) is 4.79 Å². The Morgan fingerprint density at radius 1 is 1.29 bits per heavy atom. The fourth-order valence-corrected chi connectivity index (χ4v) is 1.01. The molecular formula is C8H5F4NO. The van der Waals surface area contributed by atoms with Crippen molar-refractivity contribution in [3.05, 3.63) is 35.1 Å². The highest BCUT2D eigenvalue weighted by Crippen LogP contribution is 2.32. The van der Waals surface area contributed by atoms with Gasteiger partial charge in [0.2, 0.25) is 0 Å². The minimum atomic E-state index is -4.79. The Morgan fingerprint density at radius 3 is 2.21 bits per heavy atom. The van der Waals surface area contributed by atoms with Gasteiger partial charge in [0.15, 0.2) is 0 Å². The van der Waals surface area contributed by atoms with Gasteiger partial charge in [0, 0.05) is 0 Å². The summed E-state index contributed by atoms with van der Waals surface area (Å²) < 4.78 is 49.5. The number of rotatable bonds is 1. The van der Waals surface area contributed by atoms with Crippen molar-refractivity contribution in [2.45, 2.75) is 6.18 Å². The van der Waals surface area contributed by atoms with Crippen molar-refractivity contribution in [3.8, 4) is 0 Å². The Balaban J connectivity index is 3.44. The van der Waals surface area contributed by atoms with E-state index in [1.54, 1.807) is 0 Å². The summed E-state index contributed by atoms with van der Waals surface area (Å²) in [6, 6.07) is 2.21. The molecule has 14 heavy (non-hydrogen) atoms. The molecule has 0 radical (unpaired) electrons. The fraction of sp³-hybridized carbons (Fsp3) is 0.125. The fourth-order valence-electron chi connectivity index (χ4n) is 1.01. The first-order valence-electron chi connectivity index (χ1n) is 3.49. The van der Waals surface area contributed by atoms with Crippen molar-refractivity contribution in [3.63, 3.8) is 0 Å². The second-order valence-electron chi connectivity index (χ2n) is 2.52. The molecule has 0 bridgehead atoms. The average molecular weight is 207 g/mol. The van der Waals surface area contributed by atoms with E-state index >= 15 is 0 Å². The molecule has 0 saturated carbocycles. The van der Waals surface area contributed by atoms with Gasteiger partial charge in [-0.2, -0.15) is 13.2 Å². The van der Waals surface area contributed by atoms with Crippen molar-refractivity contribution in [1.29, 1.82) is 0 Å². The van der Waals surface area contributed by atoms with E-state index in [1.165, 1.54) is 0 Å². The molecule has 1 aromatic carbocycles. The lowest BCUT2D eigenvalue weighted by molar-refractivity contribution is -0.138. The van der Waals surface area contributed by atoms with Crippen LogP contribution in [0.15, 0.2) is 18.2 Å². The first-order chi connectivity index (χ1) is 6.34. The van der Waals surface area contributed by atoms with Gasteiger partial charge < -0.3 is 5.73 Å². The molecule has 0 spiro atoms. The van der Waals surface area contributed by atoms with E-state index in [2.05, 4.69) is 5.73 Å². The highest BCUT2D eigenvalue weighted by molar-refractivity contribution is 5.94. The van der Waals surface area contributed by atoms with Crippen molar-refractivity contribution in [1.82, 2.24) is 0 Å². The van der Waals surface area contributed by atoms with Gasteiger partial charge in [-0.15, -0.1) is 0 Å². The summed E-state index contributed by atoms with van der Waals surface area (Å²) in [5, 5.41) is 0. The number of carbonyl (C=O) groups excluding carboxylic acids is 1. The van der Waals surface area contributed by atoms with Gasteiger partial charge in [-0.05, 0) is 12.1 Å². The van der Waals surface area contributed by atoms with E-state index in [0.717, 1.165) is 12.1 Å². The SMILES string of the molecule is NC(=O)c1c(F)cccc1C(F)(F)F. The summed E-state index contributed by atoms with van der Waals surface area (Å²) >= 11 is 0. The molecular weight excluding hydrogens is 202 g/mol. The smallest absolute Gasteiger partial charge is 0.365 e. The highest BCUT2D eigenvalue weighted by atomic mass is 19.4. The van der Waals surface area contributed by atoms with Gasteiger partial charge >= 0.3 is 6.18 Å². The van der Waals surface area contributed by atoms with Gasteiger partial charge in [0.1, 0.15) is 5.82 Å². The Labute approximate surface area is 76.3 Å². The van der Waals surface area contributed by atoms with E-state index in [0.29, 0.717) is 6.07 Å². The summed E-state index contributed by atoms with van der Waals surface area (Å²) in [6.45, 7) is 0. The summed E-state index contributed by atoms with van der Waals surface area (Å²) in [5.41, 5.74) is 2.15. The zero-order chi connectivity index (χ0) is 10.9. The topological polar surface area (TPSA) is 43.1 Å². The molecule has 6 heteroatoms.